The second-order valence-electron chi connectivity index (χ2n) is 4.64. The maximum absolute atomic E-state index is 12.1. The van der Waals surface area contributed by atoms with E-state index in [2.05, 4.69) is 5.32 Å². The molecule has 8 heteroatoms. The van der Waals surface area contributed by atoms with Gasteiger partial charge in [-0.1, -0.05) is 17.7 Å². The van der Waals surface area contributed by atoms with Gasteiger partial charge in [-0.3, -0.25) is 14.9 Å². The molecular weight excluding hydrogens is 334 g/mol. The number of carbonyl (C=O) groups is 1. The van der Waals surface area contributed by atoms with Crippen LogP contribution in [0, 0.1) is 21.4 Å². The van der Waals surface area contributed by atoms with E-state index < -0.39 is 10.8 Å². The van der Waals surface area contributed by atoms with Crippen molar-refractivity contribution >= 4 is 35.0 Å². The Bertz CT molecular complexity index is 870. The van der Waals surface area contributed by atoms with E-state index in [4.69, 9.17) is 16.9 Å². The zero-order chi connectivity index (χ0) is 17.7. The van der Waals surface area contributed by atoms with Crippen LogP contribution in [-0.2, 0) is 4.79 Å². The molecule has 2 N–H and O–H groups in total. The average Bonchev–Trinajstić information content (AvgIpc) is 2.55. The quantitative estimate of drug-likeness (QED) is 0.290. The largest absolute Gasteiger partial charge is 0.508 e. The molecular formula is C16H10ClN3O4. The minimum absolute atomic E-state index is 0.0378. The summed E-state index contributed by atoms with van der Waals surface area (Å²) in [6.45, 7) is 0. The molecule has 120 valence electrons. The Hall–Kier alpha value is -3.37. The number of phenols is 1. The molecule has 0 aliphatic heterocycles. The van der Waals surface area contributed by atoms with Crippen molar-refractivity contribution in [1.82, 2.24) is 0 Å². The van der Waals surface area contributed by atoms with E-state index in [0.29, 0.717) is 11.3 Å². The number of hydrogen-bond donors (Lipinski definition) is 2. The van der Waals surface area contributed by atoms with Gasteiger partial charge in [0, 0.05) is 11.8 Å². The average molecular weight is 344 g/mol. The van der Waals surface area contributed by atoms with Crippen molar-refractivity contribution in [1.29, 1.82) is 5.26 Å². The fourth-order valence-corrected chi connectivity index (χ4v) is 2.00. The number of amides is 1. The fourth-order valence-electron chi connectivity index (χ4n) is 1.82. The first kappa shape index (κ1) is 17.0. The number of nitrogens with zero attached hydrogens (tertiary/aromatic N) is 2. The van der Waals surface area contributed by atoms with E-state index >= 15 is 0 Å². The normalized spacial score (nSPS) is 10.8. The Kier molecular flexibility index (Phi) is 5.14. The Labute approximate surface area is 141 Å². The summed E-state index contributed by atoms with van der Waals surface area (Å²) >= 11 is 5.72. The molecule has 0 aromatic heterocycles. The molecule has 2 aromatic rings. The van der Waals surface area contributed by atoms with Crippen LogP contribution < -0.4 is 5.32 Å². The van der Waals surface area contributed by atoms with Crippen molar-refractivity contribution in [3.8, 4) is 11.8 Å². The van der Waals surface area contributed by atoms with Crippen LogP contribution in [0.15, 0.2) is 48.0 Å². The summed E-state index contributed by atoms with van der Waals surface area (Å²) in [5.74, 6) is -0.640. The van der Waals surface area contributed by atoms with Gasteiger partial charge in [0.15, 0.2) is 0 Å². The van der Waals surface area contributed by atoms with Gasteiger partial charge in [0.05, 0.1) is 4.92 Å². The van der Waals surface area contributed by atoms with Gasteiger partial charge >= 0.3 is 0 Å². The summed E-state index contributed by atoms with van der Waals surface area (Å²) in [7, 11) is 0. The molecule has 0 bridgehead atoms. The number of nitriles is 1. The lowest BCUT2D eigenvalue weighted by Gasteiger charge is -2.04. The van der Waals surface area contributed by atoms with Gasteiger partial charge in [0.2, 0.25) is 0 Å². The zero-order valence-electron chi connectivity index (χ0n) is 12.1. The first-order chi connectivity index (χ1) is 11.4. The zero-order valence-corrected chi connectivity index (χ0v) is 12.8. The number of hydrogen-bond acceptors (Lipinski definition) is 5. The number of nitro benzene ring substituents is 1. The number of carbonyl (C=O) groups excluding carboxylic acids is 1. The predicted molar refractivity (Wildman–Crippen MR) is 88.4 cm³/mol. The predicted octanol–water partition coefficient (Wildman–Crippen LogP) is 3.50. The Balaban J connectivity index is 2.27. The maximum atomic E-state index is 12.1. The van der Waals surface area contributed by atoms with Gasteiger partial charge in [0.1, 0.15) is 22.4 Å². The molecule has 0 saturated heterocycles. The number of rotatable bonds is 4. The number of nitro groups is 1. The first-order valence-corrected chi connectivity index (χ1v) is 6.94. The Morgan fingerprint density at radius 1 is 1.29 bits per heavy atom. The molecule has 2 rings (SSSR count). The van der Waals surface area contributed by atoms with Gasteiger partial charge in [-0.25, -0.2) is 0 Å². The van der Waals surface area contributed by atoms with E-state index in [1.54, 1.807) is 6.07 Å². The smallest absolute Gasteiger partial charge is 0.288 e. The number of benzene rings is 2. The summed E-state index contributed by atoms with van der Waals surface area (Å²) in [5, 5.41) is 31.6. The molecule has 0 heterocycles. The summed E-state index contributed by atoms with van der Waals surface area (Å²) in [6.07, 6.45) is 1.22. The van der Waals surface area contributed by atoms with Gasteiger partial charge in [-0.2, -0.15) is 5.26 Å². The molecule has 0 aliphatic rings. The van der Waals surface area contributed by atoms with Crippen molar-refractivity contribution in [2.75, 3.05) is 5.32 Å². The summed E-state index contributed by atoms with van der Waals surface area (Å²) in [6, 6.07) is 11.4. The molecule has 0 aliphatic carbocycles. The third-order valence-electron chi connectivity index (χ3n) is 2.97. The second-order valence-corrected chi connectivity index (χ2v) is 5.05. The summed E-state index contributed by atoms with van der Waals surface area (Å²) < 4.78 is 0. The minimum atomic E-state index is -0.680. The second kappa shape index (κ2) is 7.26. The van der Waals surface area contributed by atoms with Crippen molar-refractivity contribution in [2.45, 2.75) is 0 Å². The Morgan fingerprint density at radius 3 is 2.54 bits per heavy atom. The van der Waals surface area contributed by atoms with E-state index in [-0.39, 0.29) is 22.0 Å². The topological polar surface area (TPSA) is 116 Å². The summed E-state index contributed by atoms with van der Waals surface area (Å²) in [5.41, 5.74) is 0.130. The molecule has 0 radical (unpaired) electrons. The third-order valence-corrected chi connectivity index (χ3v) is 3.29. The highest BCUT2D eigenvalue weighted by Crippen LogP contribution is 2.26. The number of nitrogens with one attached hydrogen (secondary N) is 1. The minimum Gasteiger partial charge on any atom is -0.508 e. The molecule has 24 heavy (non-hydrogen) atoms. The number of anilines is 1. The van der Waals surface area contributed by atoms with Crippen molar-refractivity contribution < 1.29 is 14.8 Å². The number of halogens is 1. The molecule has 7 nitrogen and oxygen atoms in total. The van der Waals surface area contributed by atoms with Gasteiger partial charge in [-0.15, -0.1) is 0 Å². The van der Waals surface area contributed by atoms with Gasteiger partial charge < -0.3 is 10.4 Å². The highest BCUT2D eigenvalue weighted by Gasteiger charge is 2.14. The molecule has 1 amide bonds. The van der Waals surface area contributed by atoms with Crippen LogP contribution in [0.2, 0.25) is 5.02 Å². The Morgan fingerprint density at radius 2 is 1.96 bits per heavy atom. The van der Waals surface area contributed by atoms with Crippen LogP contribution in [0.4, 0.5) is 11.4 Å². The van der Waals surface area contributed by atoms with E-state index in [1.165, 1.54) is 48.5 Å². The van der Waals surface area contributed by atoms with Crippen LogP contribution in [0.25, 0.3) is 6.08 Å². The number of aromatic hydroxyl groups is 1. The van der Waals surface area contributed by atoms with Crippen molar-refractivity contribution in [3.63, 3.8) is 0 Å². The van der Waals surface area contributed by atoms with Crippen molar-refractivity contribution in [2.24, 2.45) is 0 Å². The van der Waals surface area contributed by atoms with Crippen molar-refractivity contribution in [3.05, 3.63) is 68.7 Å². The highest BCUT2D eigenvalue weighted by molar-refractivity contribution is 6.32. The monoisotopic (exact) mass is 343 g/mol. The van der Waals surface area contributed by atoms with Gasteiger partial charge in [-0.05, 0) is 42.0 Å². The molecule has 2 aromatic carbocycles. The van der Waals surface area contributed by atoms with Crippen LogP contribution in [0.1, 0.15) is 5.56 Å². The van der Waals surface area contributed by atoms with Crippen LogP contribution >= 0.6 is 11.6 Å². The van der Waals surface area contributed by atoms with Crippen LogP contribution in [0.5, 0.6) is 5.75 Å². The van der Waals surface area contributed by atoms with Crippen LogP contribution in [0.3, 0.4) is 0 Å². The van der Waals surface area contributed by atoms with E-state index in [0.717, 1.165) is 0 Å². The molecule has 0 spiro atoms. The number of phenolic OH excluding ortho intramolecular Hbond substituents is 1. The highest BCUT2D eigenvalue weighted by atomic mass is 35.5. The third kappa shape index (κ3) is 4.09. The lowest BCUT2D eigenvalue weighted by Crippen LogP contribution is -2.13. The molecule has 0 unspecified atom stereocenters. The molecule has 0 fully saturated rings. The maximum Gasteiger partial charge on any atom is 0.288 e. The van der Waals surface area contributed by atoms with E-state index in [9.17, 15) is 20.0 Å². The first-order valence-electron chi connectivity index (χ1n) is 6.57. The lowest BCUT2D eigenvalue weighted by molar-refractivity contribution is -0.384. The summed E-state index contributed by atoms with van der Waals surface area (Å²) in [4.78, 5) is 22.3. The lowest BCUT2D eigenvalue weighted by atomic mass is 10.1. The standard InChI is InChI=1S/C16H10ClN3O4/c17-14-6-1-10(8-15(14)20(23)24)7-11(9-18)16(22)19-12-2-4-13(21)5-3-12/h1-8,21H,(H,19,22)/b11-7-. The SMILES string of the molecule is N#C/C(=C/c1ccc(Cl)c([N+](=O)[O-])c1)C(=O)Nc1ccc(O)cc1. The van der Waals surface area contributed by atoms with Gasteiger partial charge in [0.25, 0.3) is 11.6 Å². The van der Waals surface area contributed by atoms with E-state index in [1.807, 2.05) is 0 Å². The molecule has 0 saturated carbocycles. The molecule has 0 atom stereocenters. The van der Waals surface area contributed by atoms with Crippen LogP contribution in [-0.4, -0.2) is 15.9 Å². The fraction of sp³-hybridized carbons (Fsp3) is 0.